The zero-order valence-corrected chi connectivity index (χ0v) is 14.4. The molecule has 0 aliphatic heterocycles. The fourth-order valence-corrected chi connectivity index (χ4v) is 2.52. The first-order valence-electron chi connectivity index (χ1n) is 6.76. The van der Waals surface area contributed by atoms with Crippen molar-refractivity contribution in [2.75, 3.05) is 23.6 Å². The average molecular weight is 366 g/mol. The summed E-state index contributed by atoms with van der Waals surface area (Å²) < 4.78 is 25.9. The third-order valence-corrected chi connectivity index (χ3v) is 4.54. The largest absolute Gasteiger partial charge is 0.396 e. The molecule has 130 valence electrons. The molecule has 1 amide bonds. The number of sulfonamides is 1. The van der Waals surface area contributed by atoms with Crippen molar-refractivity contribution in [2.24, 2.45) is 5.41 Å². The average Bonchev–Trinajstić information content (AvgIpc) is 2.48. The molecule has 8 nitrogen and oxygen atoms in total. The molecule has 0 aliphatic carbocycles. The van der Waals surface area contributed by atoms with Gasteiger partial charge in [-0.3, -0.25) is 9.52 Å². The number of carbonyl (C=O) groups excluding carboxylic acids is 1. The van der Waals surface area contributed by atoms with Crippen LogP contribution in [-0.2, 0) is 14.8 Å². The predicted octanol–water partition coefficient (Wildman–Crippen LogP) is -0.0277. The predicted molar refractivity (Wildman–Crippen MR) is 86.5 cm³/mol. The van der Waals surface area contributed by atoms with E-state index in [-0.39, 0.29) is 19.0 Å². The van der Waals surface area contributed by atoms with Crippen molar-refractivity contribution in [3.63, 3.8) is 0 Å². The Hall–Kier alpha value is -1.42. The molecule has 23 heavy (non-hydrogen) atoms. The molecule has 0 fully saturated rings. The molecular weight excluding hydrogens is 346 g/mol. The smallest absolute Gasteiger partial charge is 0.249 e. The molecule has 0 radical (unpaired) electrons. The van der Waals surface area contributed by atoms with E-state index in [0.717, 1.165) is 0 Å². The summed E-state index contributed by atoms with van der Waals surface area (Å²) in [6, 6.07) is 2.90. The number of anilines is 1. The molecule has 0 aliphatic rings. The third kappa shape index (κ3) is 6.30. The molecule has 0 bridgehead atoms. The first-order chi connectivity index (χ1) is 10.6. The Balaban J connectivity index is 2.51. The van der Waals surface area contributed by atoms with Gasteiger partial charge in [-0.2, -0.15) is 0 Å². The Morgan fingerprint density at radius 2 is 2.09 bits per heavy atom. The molecule has 0 saturated carbocycles. The molecule has 1 heterocycles. The van der Waals surface area contributed by atoms with Gasteiger partial charge in [-0.15, -0.1) is 0 Å². The Labute approximate surface area is 139 Å². The van der Waals surface area contributed by atoms with E-state index < -0.39 is 33.2 Å². The molecule has 10 heteroatoms. The number of hydrogen-bond acceptors (Lipinski definition) is 6. The van der Waals surface area contributed by atoms with E-state index in [1.54, 1.807) is 0 Å². The standard InChI is InChI=1S/C13H20ClN3O5S/c1-13(2,8-18)11(19)12(20)15-5-6-23(21,22)17-10-4-3-9(14)7-16-10/h3-4,7,11,18-19H,5-6,8H2,1-2H3,(H,15,20)(H,16,17). The second-order valence-electron chi connectivity index (χ2n) is 5.62. The SMILES string of the molecule is CC(C)(CO)C(O)C(=O)NCCS(=O)(=O)Nc1ccc(Cl)cn1. The van der Waals surface area contributed by atoms with Gasteiger partial charge in [0.05, 0.1) is 17.4 Å². The van der Waals surface area contributed by atoms with Gasteiger partial charge in [0.2, 0.25) is 15.9 Å². The fourth-order valence-electron chi connectivity index (χ4n) is 1.49. The van der Waals surface area contributed by atoms with Crippen LogP contribution in [0.4, 0.5) is 5.82 Å². The number of hydrogen-bond donors (Lipinski definition) is 4. The number of nitrogens with zero attached hydrogens (tertiary/aromatic N) is 1. The van der Waals surface area contributed by atoms with Gasteiger partial charge < -0.3 is 15.5 Å². The molecule has 1 rings (SSSR count). The maximum Gasteiger partial charge on any atom is 0.249 e. The number of amides is 1. The lowest BCUT2D eigenvalue weighted by atomic mass is 9.87. The van der Waals surface area contributed by atoms with E-state index >= 15 is 0 Å². The lowest BCUT2D eigenvalue weighted by Gasteiger charge is -2.27. The van der Waals surface area contributed by atoms with Crippen molar-refractivity contribution >= 4 is 33.3 Å². The van der Waals surface area contributed by atoms with Crippen molar-refractivity contribution < 1.29 is 23.4 Å². The number of aliphatic hydroxyl groups is 2. The van der Waals surface area contributed by atoms with Gasteiger partial charge in [0.25, 0.3) is 0 Å². The van der Waals surface area contributed by atoms with Gasteiger partial charge in [0.1, 0.15) is 11.9 Å². The highest BCUT2D eigenvalue weighted by Crippen LogP contribution is 2.19. The van der Waals surface area contributed by atoms with Crippen molar-refractivity contribution in [1.82, 2.24) is 10.3 Å². The number of halogens is 1. The van der Waals surface area contributed by atoms with Crippen LogP contribution in [0.3, 0.4) is 0 Å². The molecule has 4 N–H and O–H groups in total. The minimum absolute atomic E-state index is 0.113. The molecular formula is C13H20ClN3O5S. The number of pyridine rings is 1. The van der Waals surface area contributed by atoms with Gasteiger partial charge >= 0.3 is 0 Å². The summed E-state index contributed by atoms with van der Waals surface area (Å²) in [6.45, 7) is 2.45. The second kappa shape index (κ2) is 7.91. The van der Waals surface area contributed by atoms with E-state index in [1.807, 2.05) is 0 Å². The Bertz CT molecular complexity index is 634. The quantitative estimate of drug-likeness (QED) is 0.512. The van der Waals surface area contributed by atoms with Crippen LogP contribution in [0.5, 0.6) is 0 Å². The van der Waals surface area contributed by atoms with Crippen LogP contribution in [0, 0.1) is 5.41 Å². The Morgan fingerprint density at radius 3 is 2.61 bits per heavy atom. The van der Waals surface area contributed by atoms with Gasteiger partial charge in [-0.05, 0) is 12.1 Å². The number of aliphatic hydroxyl groups excluding tert-OH is 2. The van der Waals surface area contributed by atoms with Gasteiger partial charge in [-0.1, -0.05) is 25.4 Å². The van der Waals surface area contributed by atoms with E-state index in [9.17, 15) is 18.3 Å². The minimum Gasteiger partial charge on any atom is -0.396 e. The summed E-state index contributed by atoms with van der Waals surface area (Å²) in [5, 5.41) is 21.6. The molecule has 1 atom stereocenters. The summed E-state index contributed by atoms with van der Waals surface area (Å²) in [5.41, 5.74) is -1.02. The fraction of sp³-hybridized carbons (Fsp3) is 0.538. The molecule has 1 aromatic rings. The summed E-state index contributed by atoms with van der Waals surface area (Å²) in [6.07, 6.45) is -0.143. The van der Waals surface area contributed by atoms with Crippen molar-refractivity contribution in [1.29, 1.82) is 0 Å². The summed E-state index contributed by atoms with van der Waals surface area (Å²) in [4.78, 5) is 15.5. The van der Waals surface area contributed by atoms with Crippen LogP contribution in [0.1, 0.15) is 13.8 Å². The molecule has 1 unspecified atom stereocenters. The van der Waals surface area contributed by atoms with Gasteiger partial charge in [0.15, 0.2) is 0 Å². The maximum absolute atomic E-state index is 11.9. The van der Waals surface area contributed by atoms with Crippen LogP contribution >= 0.6 is 11.6 Å². The van der Waals surface area contributed by atoms with Crippen molar-refractivity contribution in [3.8, 4) is 0 Å². The number of rotatable bonds is 8. The van der Waals surface area contributed by atoms with E-state index in [1.165, 1.54) is 32.2 Å². The molecule has 0 aromatic carbocycles. The molecule has 0 spiro atoms. The highest BCUT2D eigenvalue weighted by atomic mass is 35.5. The Kier molecular flexibility index (Phi) is 6.75. The van der Waals surface area contributed by atoms with Crippen LogP contribution < -0.4 is 10.0 Å². The van der Waals surface area contributed by atoms with Gasteiger partial charge in [0, 0.05) is 18.2 Å². The lowest BCUT2D eigenvalue weighted by Crippen LogP contribution is -2.46. The highest BCUT2D eigenvalue weighted by molar-refractivity contribution is 7.92. The highest BCUT2D eigenvalue weighted by Gasteiger charge is 2.32. The van der Waals surface area contributed by atoms with E-state index in [0.29, 0.717) is 5.02 Å². The van der Waals surface area contributed by atoms with Crippen molar-refractivity contribution in [2.45, 2.75) is 20.0 Å². The van der Waals surface area contributed by atoms with Crippen LogP contribution in [0.2, 0.25) is 5.02 Å². The first-order valence-corrected chi connectivity index (χ1v) is 8.79. The number of carbonyl (C=O) groups is 1. The second-order valence-corrected chi connectivity index (χ2v) is 7.90. The summed E-state index contributed by atoms with van der Waals surface area (Å²) >= 11 is 5.65. The lowest BCUT2D eigenvalue weighted by molar-refractivity contribution is -0.136. The van der Waals surface area contributed by atoms with Crippen LogP contribution in [0.15, 0.2) is 18.3 Å². The topological polar surface area (TPSA) is 129 Å². The normalized spacial score (nSPS) is 13.4. The maximum atomic E-state index is 11.9. The van der Waals surface area contributed by atoms with Crippen LogP contribution in [0.25, 0.3) is 0 Å². The minimum atomic E-state index is -3.71. The Morgan fingerprint density at radius 1 is 1.43 bits per heavy atom. The zero-order valence-electron chi connectivity index (χ0n) is 12.8. The van der Waals surface area contributed by atoms with Gasteiger partial charge in [-0.25, -0.2) is 13.4 Å². The third-order valence-electron chi connectivity index (χ3n) is 3.05. The van der Waals surface area contributed by atoms with E-state index in [2.05, 4.69) is 15.0 Å². The van der Waals surface area contributed by atoms with Crippen LogP contribution in [-0.4, -0.2) is 54.5 Å². The summed E-state index contributed by atoms with van der Waals surface area (Å²) in [7, 11) is -3.71. The van der Waals surface area contributed by atoms with Crippen molar-refractivity contribution in [3.05, 3.63) is 23.4 Å². The first kappa shape index (κ1) is 19.6. The van der Waals surface area contributed by atoms with E-state index in [4.69, 9.17) is 16.7 Å². The zero-order chi connectivity index (χ0) is 17.7. The summed E-state index contributed by atoms with van der Waals surface area (Å²) in [5.74, 6) is -1.03. The molecule has 0 saturated heterocycles. The molecule has 1 aromatic heterocycles. The number of nitrogens with one attached hydrogen (secondary N) is 2. The number of aromatic nitrogens is 1. The monoisotopic (exact) mass is 365 g/mol.